The van der Waals surface area contributed by atoms with Gasteiger partial charge in [0.15, 0.2) is 0 Å². The van der Waals surface area contributed by atoms with Gasteiger partial charge in [0.05, 0.1) is 6.04 Å². The Bertz CT molecular complexity index is 191. The van der Waals surface area contributed by atoms with Crippen molar-refractivity contribution in [3.05, 3.63) is 0 Å². The molecule has 0 aromatic carbocycles. The lowest BCUT2D eigenvalue weighted by molar-refractivity contribution is -0.129. The van der Waals surface area contributed by atoms with E-state index in [1.807, 2.05) is 11.8 Å². The van der Waals surface area contributed by atoms with Crippen LogP contribution in [0.3, 0.4) is 0 Å². The van der Waals surface area contributed by atoms with Crippen LogP contribution in [0.2, 0.25) is 0 Å². The van der Waals surface area contributed by atoms with Crippen molar-refractivity contribution in [1.82, 2.24) is 5.32 Å². The zero-order chi connectivity index (χ0) is 9.35. The molecule has 1 heterocycles. The molecule has 2 N–H and O–H groups in total. The summed E-state index contributed by atoms with van der Waals surface area (Å²) in [6.07, 6.45) is -0.897. The summed E-state index contributed by atoms with van der Waals surface area (Å²) >= 11 is 1.83. The van der Waals surface area contributed by atoms with Gasteiger partial charge >= 0.3 is 0 Å². The average Bonchev–Trinajstić information content (AvgIpc) is 1.97. The van der Waals surface area contributed by atoms with Gasteiger partial charge in [-0.1, -0.05) is 0 Å². The Morgan fingerprint density at radius 1 is 1.75 bits per heavy atom. The quantitative estimate of drug-likeness (QED) is 0.660. The molecule has 0 bridgehead atoms. The van der Waals surface area contributed by atoms with Crippen molar-refractivity contribution in [2.75, 3.05) is 5.75 Å². The Morgan fingerprint density at radius 2 is 2.33 bits per heavy atom. The Hall–Kier alpha value is -0.220. The van der Waals surface area contributed by atoms with Crippen LogP contribution < -0.4 is 5.32 Å². The molecular formula is C8H15NO2S. The van der Waals surface area contributed by atoms with Gasteiger partial charge in [-0.15, -0.1) is 0 Å². The number of rotatable bonds is 2. The first kappa shape index (κ1) is 9.86. The molecular weight excluding hydrogens is 174 g/mol. The van der Waals surface area contributed by atoms with E-state index in [-0.39, 0.29) is 16.7 Å². The van der Waals surface area contributed by atoms with Crippen LogP contribution in [-0.4, -0.2) is 33.7 Å². The van der Waals surface area contributed by atoms with E-state index < -0.39 is 6.10 Å². The number of aliphatic hydroxyl groups excluding tert-OH is 1. The van der Waals surface area contributed by atoms with Crippen molar-refractivity contribution in [1.29, 1.82) is 0 Å². The number of thioether (sulfide) groups is 1. The predicted octanol–water partition coefficient (Wildman–Crippen LogP) is 0.377. The van der Waals surface area contributed by atoms with E-state index in [0.29, 0.717) is 0 Å². The van der Waals surface area contributed by atoms with Gasteiger partial charge in [0.25, 0.3) is 0 Å². The highest BCUT2D eigenvalue weighted by Gasteiger charge is 2.40. The van der Waals surface area contributed by atoms with Gasteiger partial charge in [-0.2, -0.15) is 11.8 Å². The molecule has 1 fully saturated rings. The maximum absolute atomic E-state index is 11.1. The molecule has 3 nitrogen and oxygen atoms in total. The Labute approximate surface area is 76.9 Å². The van der Waals surface area contributed by atoms with E-state index in [0.717, 1.165) is 5.75 Å². The molecule has 1 aliphatic heterocycles. The largest absolute Gasteiger partial charge is 0.384 e. The second-order valence-corrected chi connectivity index (χ2v) is 5.33. The minimum Gasteiger partial charge on any atom is -0.384 e. The number of hydrogen-bond donors (Lipinski definition) is 2. The second-order valence-electron chi connectivity index (χ2n) is 3.65. The summed E-state index contributed by atoms with van der Waals surface area (Å²) in [4.78, 5) is 11.1. The number of aliphatic hydroxyl groups is 1. The van der Waals surface area contributed by atoms with E-state index >= 15 is 0 Å². The summed E-state index contributed by atoms with van der Waals surface area (Å²) in [6.45, 7) is 5.66. The lowest BCUT2D eigenvalue weighted by atomic mass is 10.0. The fourth-order valence-corrected chi connectivity index (χ4v) is 2.15. The maximum atomic E-state index is 11.1. The molecule has 1 saturated heterocycles. The molecule has 2 unspecified atom stereocenters. The predicted molar refractivity (Wildman–Crippen MR) is 50.1 cm³/mol. The third kappa shape index (κ3) is 1.93. The van der Waals surface area contributed by atoms with E-state index in [4.69, 9.17) is 5.11 Å². The molecule has 70 valence electrons. The summed E-state index contributed by atoms with van der Waals surface area (Å²) in [6, 6.07) is 0.213. The van der Waals surface area contributed by atoms with Gasteiger partial charge in [-0.3, -0.25) is 4.79 Å². The lowest BCUT2D eigenvalue weighted by Crippen LogP contribution is -2.57. The number of carbonyl (C=O) groups excluding carboxylic acids is 1. The molecule has 0 saturated carbocycles. The van der Waals surface area contributed by atoms with E-state index in [9.17, 15) is 4.79 Å². The van der Waals surface area contributed by atoms with Crippen LogP contribution in [0.4, 0.5) is 0 Å². The Balaban J connectivity index is 2.38. The summed E-state index contributed by atoms with van der Waals surface area (Å²) in [5.41, 5.74) is 0. The number of amides is 1. The first-order valence-corrected chi connectivity index (χ1v) is 5.04. The van der Waals surface area contributed by atoms with Crippen LogP contribution in [0.1, 0.15) is 20.8 Å². The van der Waals surface area contributed by atoms with Crippen LogP contribution in [0.15, 0.2) is 0 Å². The zero-order valence-corrected chi connectivity index (χ0v) is 8.44. The number of hydrogen-bond acceptors (Lipinski definition) is 3. The van der Waals surface area contributed by atoms with Gasteiger partial charge in [0.2, 0.25) is 5.91 Å². The van der Waals surface area contributed by atoms with Crippen LogP contribution in [0.5, 0.6) is 0 Å². The highest BCUT2D eigenvalue weighted by Crippen LogP contribution is 2.39. The average molecular weight is 189 g/mol. The molecule has 1 rings (SSSR count). The molecule has 1 amide bonds. The van der Waals surface area contributed by atoms with Gasteiger partial charge in [0.1, 0.15) is 6.10 Å². The van der Waals surface area contributed by atoms with Gasteiger partial charge in [0, 0.05) is 10.5 Å². The van der Waals surface area contributed by atoms with Crippen molar-refractivity contribution >= 4 is 17.7 Å². The van der Waals surface area contributed by atoms with Crippen molar-refractivity contribution in [2.45, 2.75) is 37.7 Å². The van der Waals surface area contributed by atoms with Gasteiger partial charge in [-0.25, -0.2) is 0 Å². The lowest BCUT2D eigenvalue weighted by Gasteiger charge is -2.44. The Morgan fingerprint density at radius 3 is 2.58 bits per heavy atom. The molecule has 12 heavy (non-hydrogen) atoms. The summed E-state index contributed by atoms with van der Waals surface area (Å²) in [5, 5.41) is 11.7. The van der Waals surface area contributed by atoms with E-state index in [2.05, 4.69) is 19.2 Å². The number of nitrogens with one attached hydrogen (secondary N) is 1. The van der Waals surface area contributed by atoms with Crippen molar-refractivity contribution in [3.63, 3.8) is 0 Å². The minimum absolute atomic E-state index is 0.130. The van der Waals surface area contributed by atoms with E-state index in [1.165, 1.54) is 6.92 Å². The highest BCUT2D eigenvalue weighted by atomic mass is 32.2. The standard InChI is InChI=1S/C8H15NO2S/c1-5(10)7(11)9-6-4-12-8(6,2)3/h5-6,10H,4H2,1-3H3,(H,9,11). The number of carbonyl (C=O) groups is 1. The first-order valence-electron chi connectivity index (χ1n) is 4.06. The molecule has 2 atom stereocenters. The monoisotopic (exact) mass is 189 g/mol. The molecule has 0 aromatic rings. The summed E-state index contributed by atoms with van der Waals surface area (Å²) < 4.78 is 0.130. The molecule has 1 aliphatic rings. The van der Waals surface area contributed by atoms with Crippen LogP contribution in [0, 0.1) is 0 Å². The molecule has 0 spiro atoms. The molecule has 0 aliphatic carbocycles. The fourth-order valence-electron chi connectivity index (χ4n) is 1.01. The normalized spacial score (nSPS) is 28.8. The van der Waals surface area contributed by atoms with Crippen LogP contribution >= 0.6 is 11.8 Å². The third-order valence-electron chi connectivity index (χ3n) is 2.16. The minimum atomic E-state index is -0.897. The summed E-state index contributed by atoms with van der Waals surface area (Å²) in [5.74, 6) is 0.680. The topological polar surface area (TPSA) is 49.3 Å². The summed E-state index contributed by atoms with van der Waals surface area (Å²) in [7, 11) is 0. The molecule has 0 aromatic heterocycles. The Kier molecular flexibility index (Phi) is 2.68. The highest BCUT2D eigenvalue weighted by molar-refractivity contribution is 8.02. The van der Waals surface area contributed by atoms with Crippen molar-refractivity contribution in [2.24, 2.45) is 0 Å². The zero-order valence-electron chi connectivity index (χ0n) is 7.63. The molecule has 4 heteroatoms. The van der Waals surface area contributed by atoms with Gasteiger partial charge < -0.3 is 10.4 Å². The first-order chi connectivity index (χ1) is 5.43. The smallest absolute Gasteiger partial charge is 0.248 e. The van der Waals surface area contributed by atoms with E-state index in [1.54, 1.807) is 0 Å². The second kappa shape index (κ2) is 3.26. The van der Waals surface area contributed by atoms with Gasteiger partial charge in [-0.05, 0) is 20.8 Å². The SMILES string of the molecule is CC(O)C(=O)NC1CSC1(C)C. The van der Waals surface area contributed by atoms with Crippen molar-refractivity contribution in [3.8, 4) is 0 Å². The van der Waals surface area contributed by atoms with Crippen LogP contribution in [-0.2, 0) is 4.79 Å². The fraction of sp³-hybridized carbons (Fsp3) is 0.875. The maximum Gasteiger partial charge on any atom is 0.248 e. The van der Waals surface area contributed by atoms with Crippen LogP contribution in [0.25, 0.3) is 0 Å². The third-order valence-corrected chi connectivity index (χ3v) is 3.69. The van der Waals surface area contributed by atoms with Crippen molar-refractivity contribution < 1.29 is 9.90 Å². The molecule has 0 radical (unpaired) electrons.